The van der Waals surface area contributed by atoms with Gasteiger partial charge in [-0.3, -0.25) is 4.57 Å². The fourth-order valence-corrected chi connectivity index (χ4v) is 7.22. The number of nitrogens with zero attached hydrogens (tertiary/aromatic N) is 4. The predicted molar refractivity (Wildman–Crippen MR) is 153 cm³/mol. The summed E-state index contributed by atoms with van der Waals surface area (Å²) in [7, 11) is 0. The van der Waals surface area contributed by atoms with Crippen molar-refractivity contribution in [2.45, 2.75) is 19.3 Å². The monoisotopic (exact) mass is 494 g/mol. The number of thiophene rings is 1. The first-order valence-electron chi connectivity index (χ1n) is 12.4. The first-order chi connectivity index (χ1) is 18.1. The molecule has 1 aliphatic heterocycles. The highest BCUT2D eigenvalue weighted by Gasteiger charge is 2.36. The molecule has 5 heteroatoms. The number of para-hydroxylation sites is 1. The van der Waals surface area contributed by atoms with Crippen molar-refractivity contribution >= 4 is 42.5 Å². The average molecular weight is 495 g/mol. The van der Waals surface area contributed by atoms with Gasteiger partial charge in [-0.2, -0.15) is 0 Å². The van der Waals surface area contributed by atoms with E-state index in [9.17, 15) is 0 Å². The van der Waals surface area contributed by atoms with Gasteiger partial charge in [0.2, 0.25) is 0 Å². The Morgan fingerprint density at radius 1 is 0.811 bits per heavy atom. The van der Waals surface area contributed by atoms with Crippen LogP contribution >= 0.6 is 11.3 Å². The van der Waals surface area contributed by atoms with Gasteiger partial charge in [0, 0.05) is 31.8 Å². The minimum absolute atomic E-state index is 0.183. The van der Waals surface area contributed by atoms with Gasteiger partial charge in [-0.25, -0.2) is 15.0 Å². The third-order valence-electron chi connectivity index (χ3n) is 7.79. The number of imidazole rings is 1. The second-order valence-electron chi connectivity index (χ2n) is 10.2. The summed E-state index contributed by atoms with van der Waals surface area (Å²) < 4.78 is 4.95. The second kappa shape index (κ2) is 7.34. The number of benzene rings is 4. The van der Waals surface area contributed by atoms with Crippen LogP contribution in [0, 0.1) is 0 Å². The van der Waals surface area contributed by atoms with Gasteiger partial charge >= 0.3 is 0 Å². The van der Waals surface area contributed by atoms with E-state index >= 15 is 0 Å². The number of hydrogen-bond acceptors (Lipinski definition) is 4. The minimum Gasteiger partial charge on any atom is -0.290 e. The van der Waals surface area contributed by atoms with Crippen LogP contribution in [0.3, 0.4) is 0 Å². The lowest BCUT2D eigenvalue weighted by Gasteiger charge is -2.35. The smallest absolute Gasteiger partial charge is 0.164 e. The van der Waals surface area contributed by atoms with Crippen molar-refractivity contribution in [3.05, 3.63) is 109 Å². The molecular formula is C32H22N4S. The molecule has 0 atom stereocenters. The highest BCUT2D eigenvalue weighted by Crippen LogP contribution is 2.48. The number of hydrogen-bond donors (Lipinski definition) is 0. The lowest BCUT2D eigenvalue weighted by atomic mass is 9.74. The molecule has 0 spiro atoms. The van der Waals surface area contributed by atoms with Gasteiger partial charge in [0.05, 0.1) is 16.7 Å². The largest absolute Gasteiger partial charge is 0.290 e. The van der Waals surface area contributed by atoms with Gasteiger partial charge in [-0.05, 0) is 52.6 Å². The molecule has 4 aromatic carbocycles. The van der Waals surface area contributed by atoms with E-state index < -0.39 is 0 Å². The molecule has 0 amide bonds. The van der Waals surface area contributed by atoms with Crippen LogP contribution < -0.4 is 0 Å². The molecule has 3 aromatic heterocycles. The van der Waals surface area contributed by atoms with Crippen molar-refractivity contribution in [1.29, 1.82) is 0 Å². The SMILES string of the molecule is CC1(C)c2cc(-c3cccc4c3sc3ccccc34)ccc2-n2c(-c3ccncn3)nc3cccc1c32. The van der Waals surface area contributed by atoms with Crippen LogP contribution in [0.25, 0.3) is 59.5 Å². The van der Waals surface area contributed by atoms with Gasteiger partial charge in [-0.1, -0.05) is 68.4 Å². The quantitative estimate of drug-likeness (QED) is 0.243. The molecule has 0 bridgehead atoms. The maximum Gasteiger partial charge on any atom is 0.164 e. The molecule has 8 rings (SSSR count). The zero-order valence-electron chi connectivity index (χ0n) is 20.4. The lowest BCUT2D eigenvalue weighted by molar-refractivity contribution is 0.629. The van der Waals surface area contributed by atoms with E-state index in [0.29, 0.717) is 0 Å². The van der Waals surface area contributed by atoms with Crippen LogP contribution in [0.1, 0.15) is 25.0 Å². The summed E-state index contributed by atoms with van der Waals surface area (Å²) in [6, 6.07) is 30.7. The van der Waals surface area contributed by atoms with Crippen LogP contribution in [-0.2, 0) is 5.41 Å². The van der Waals surface area contributed by atoms with E-state index in [0.717, 1.165) is 28.2 Å². The van der Waals surface area contributed by atoms with Crippen molar-refractivity contribution < 1.29 is 0 Å². The molecule has 37 heavy (non-hydrogen) atoms. The van der Waals surface area contributed by atoms with Crippen molar-refractivity contribution in [3.8, 4) is 28.3 Å². The molecule has 176 valence electrons. The fraction of sp³-hybridized carbons (Fsp3) is 0.0938. The highest BCUT2D eigenvalue weighted by atomic mass is 32.1. The number of aromatic nitrogens is 4. The molecule has 4 heterocycles. The number of fused-ring (bicyclic) bond motifs is 5. The topological polar surface area (TPSA) is 43.6 Å². The first kappa shape index (κ1) is 20.8. The van der Waals surface area contributed by atoms with Gasteiger partial charge < -0.3 is 0 Å². The van der Waals surface area contributed by atoms with Gasteiger partial charge in [0.15, 0.2) is 5.82 Å². The summed E-state index contributed by atoms with van der Waals surface area (Å²) in [6.07, 6.45) is 3.36. The van der Waals surface area contributed by atoms with E-state index in [-0.39, 0.29) is 5.41 Å². The summed E-state index contributed by atoms with van der Waals surface area (Å²) in [4.78, 5) is 13.7. The zero-order valence-corrected chi connectivity index (χ0v) is 21.3. The molecule has 4 nitrogen and oxygen atoms in total. The summed E-state index contributed by atoms with van der Waals surface area (Å²) in [5.41, 5.74) is 9.04. The van der Waals surface area contributed by atoms with Gasteiger partial charge in [0.1, 0.15) is 12.0 Å². The average Bonchev–Trinajstić information content (AvgIpc) is 3.51. The standard InChI is InChI=1S/C32H22N4S/c1-32(2)23-10-6-11-25-29(23)36(31(35-25)26-15-16-33-18-34-26)27-14-13-19(17-24(27)32)20-8-5-9-22-21-7-3-4-12-28(21)37-30(20)22/h3-18H,1-2H3. The third kappa shape index (κ3) is 2.80. The Bertz CT molecular complexity index is 2010. The van der Waals surface area contributed by atoms with Crippen LogP contribution in [0.2, 0.25) is 0 Å². The van der Waals surface area contributed by atoms with Gasteiger partial charge in [0.25, 0.3) is 0 Å². The lowest BCUT2D eigenvalue weighted by Crippen LogP contribution is -2.26. The van der Waals surface area contributed by atoms with E-state index in [4.69, 9.17) is 4.98 Å². The fourth-order valence-electron chi connectivity index (χ4n) is 5.98. The second-order valence-corrected chi connectivity index (χ2v) is 11.2. The summed E-state index contributed by atoms with van der Waals surface area (Å²) in [6.45, 7) is 4.65. The van der Waals surface area contributed by atoms with E-state index in [1.54, 1.807) is 12.5 Å². The van der Waals surface area contributed by atoms with Crippen LogP contribution in [0.5, 0.6) is 0 Å². The molecule has 0 N–H and O–H groups in total. The van der Waals surface area contributed by atoms with Crippen molar-refractivity contribution in [2.75, 3.05) is 0 Å². The molecule has 0 saturated heterocycles. The first-order valence-corrected chi connectivity index (χ1v) is 13.3. The molecule has 0 radical (unpaired) electrons. The summed E-state index contributed by atoms with van der Waals surface area (Å²) >= 11 is 1.88. The predicted octanol–water partition coefficient (Wildman–Crippen LogP) is 8.16. The number of rotatable bonds is 2. The molecule has 0 aliphatic carbocycles. The summed E-state index contributed by atoms with van der Waals surface area (Å²) in [5.74, 6) is 0.848. The Kier molecular flexibility index (Phi) is 4.13. The Morgan fingerprint density at radius 3 is 2.57 bits per heavy atom. The molecule has 0 fully saturated rings. The van der Waals surface area contributed by atoms with E-state index in [1.807, 2.05) is 17.4 Å². The summed E-state index contributed by atoms with van der Waals surface area (Å²) in [5, 5.41) is 2.65. The van der Waals surface area contributed by atoms with Crippen molar-refractivity contribution in [2.24, 2.45) is 0 Å². The van der Waals surface area contributed by atoms with Crippen molar-refractivity contribution in [3.63, 3.8) is 0 Å². The van der Waals surface area contributed by atoms with Crippen molar-refractivity contribution in [1.82, 2.24) is 19.5 Å². The van der Waals surface area contributed by atoms with E-state index in [2.05, 4.69) is 107 Å². The maximum atomic E-state index is 5.04. The molecule has 0 saturated carbocycles. The molecular weight excluding hydrogens is 472 g/mol. The van der Waals surface area contributed by atoms with Crippen LogP contribution in [-0.4, -0.2) is 19.5 Å². The van der Waals surface area contributed by atoms with E-state index in [1.165, 1.54) is 42.4 Å². The maximum absolute atomic E-state index is 5.04. The Hall–Kier alpha value is -4.35. The molecule has 7 aromatic rings. The van der Waals surface area contributed by atoms with Gasteiger partial charge in [-0.15, -0.1) is 11.3 Å². The van der Waals surface area contributed by atoms with Crippen LogP contribution in [0.4, 0.5) is 0 Å². The Labute approximate surface area is 217 Å². The normalized spacial score (nSPS) is 13.9. The Balaban J connectivity index is 1.42. The molecule has 0 unspecified atom stereocenters. The third-order valence-corrected chi connectivity index (χ3v) is 9.01. The Morgan fingerprint density at radius 2 is 1.68 bits per heavy atom. The molecule has 1 aliphatic rings. The minimum atomic E-state index is -0.183. The highest BCUT2D eigenvalue weighted by molar-refractivity contribution is 7.26. The zero-order chi connectivity index (χ0) is 24.7. The van der Waals surface area contributed by atoms with Crippen LogP contribution in [0.15, 0.2) is 97.5 Å².